The number of carboxylic acids is 1. The molecule has 19 heavy (non-hydrogen) atoms. The molecule has 1 unspecified atom stereocenters. The fourth-order valence-corrected chi connectivity index (χ4v) is 2.15. The monoisotopic (exact) mass is 263 g/mol. The Labute approximate surface area is 111 Å². The van der Waals surface area contributed by atoms with Crippen LogP contribution in [-0.2, 0) is 9.53 Å². The molecule has 0 bridgehead atoms. The molecule has 1 aliphatic rings. The third-order valence-electron chi connectivity index (χ3n) is 3.21. The second-order valence-corrected chi connectivity index (χ2v) is 4.94. The van der Waals surface area contributed by atoms with Crippen molar-refractivity contribution in [3.05, 3.63) is 29.8 Å². The van der Waals surface area contributed by atoms with Crippen LogP contribution >= 0.6 is 0 Å². The van der Waals surface area contributed by atoms with Gasteiger partial charge < -0.3 is 9.84 Å². The molecule has 1 aromatic carbocycles. The first kappa shape index (κ1) is 13.4. The zero-order valence-electron chi connectivity index (χ0n) is 11.0. The van der Waals surface area contributed by atoms with E-state index in [1.54, 1.807) is 0 Å². The van der Waals surface area contributed by atoms with E-state index in [-0.39, 0.29) is 13.0 Å². The predicted molar refractivity (Wildman–Crippen MR) is 70.4 cm³/mol. The zero-order chi connectivity index (χ0) is 14.0. The molecule has 0 aliphatic carbocycles. The molecule has 102 valence electrons. The number of anilines is 1. The van der Waals surface area contributed by atoms with Crippen LogP contribution in [0.25, 0.3) is 0 Å². The zero-order valence-corrected chi connectivity index (χ0v) is 11.0. The van der Waals surface area contributed by atoms with Gasteiger partial charge in [-0.05, 0) is 23.6 Å². The molecular formula is C14H17NO4. The van der Waals surface area contributed by atoms with Gasteiger partial charge >= 0.3 is 12.1 Å². The summed E-state index contributed by atoms with van der Waals surface area (Å²) in [7, 11) is 0. The van der Waals surface area contributed by atoms with Crippen LogP contribution in [0, 0.1) is 0 Å². The number of cyclic esters (lactones) is 1. The molecule has 1 aliphatic heterocycles. The van der Waals surface area contributed by atoms with Crippen molar-refractivity contribution >= 4 is 17.7 Å². The van der Waals surface area contributed by atoms with Gasteiger partial charge in [-0.3, -0.25) is 9.69 Å². The predicted octanol–water partition coefficient (Wildman–Crippen LogP) is 2.61. The minimum Gasteiger partial charge on any atom is -0.481 e. The van der Waals surface area contributed by atoms with Gasteiger partial charge in [-0.1, -0.05) is 26.0 Å². The Morgan fingerprint density at radius 1 is 1.42 bits per heavy atom. The molecular weight excluding hydrogens is 246 g/mol. The van der Waals surface area contributed by atoms with Crippen LogP contribution in [0.1, 0.15) is 31.7 Å². The highest BCUT2D eigenvalue weighted by Crippen LogP contribution is 2.26. The summed E-state index contributed by atoms with van der Waals surface area (Å²) in [5, 5.41) is 8.85. The van der Waals surface area contributed by atoms with Crippen LogP contribution in [0.3, 0.4) is 0 Å². The SMILES string of the molecule is CC(C)c1ccc(N2C(=O)OCC2CC(=O)O)cc1. The third kappa shape index (κ3) is 2.86. The number of carboxylic acid groups (broad SMARTS) is 1. The summed E-state index contributed by atoms with van der Waals surface area (Å²) in [5.41, 5.74) is 1.85. The van der Waals surface area contributed by atoms with Crippen LogP contribution in [-0.4, -0.2) is 29.8 Å². The van der Waals surface area contributed by atoms with Crippen LogP contribution in [0.15, 0.2) is 24.3 Å². The van der Waals surface area contributed by atoms with Gasteiger partial charge in [-0.2, -0.15) is 0 Å². The second-order valence-electron chi connectivity index (χ2n) is 4.94. The number of hydrogen-bond acceptors (Lipinski definition) is 3. The number of nitrogens with zero attached hydrogens (tertiary/aromatic N) is 1. The van der Waals surface area contributed by atoms with Gasteiger partial charge in [-0.15, -0.1) is 0 Å². The normalized spacial score (nSPS) is 18.8. The van der Waals surface area contributed by atoms with E-state index in [4.69, 9.17) is 9.84 Å². The smallest absolute Gasteiger partial charge is 0.414 e. The van der Waals surface area contributed by atoms with E-state index < -0.39 is 18.1 Å². The Kier molecular flexibility index (Phi) is 3.74. The quantitative estimate of drug-likeness (QED) is 0.906. The average molecular weight is 263 g/mol. The summed E-state index contributed by atoms with van der Waals surface area (Å²) in [4.78, 5) is 23.9. The van der Waals surface area contributed by atoms with Crippen LogP contribution in [0.2, 0.25) is 0 Å². The highest BCUT2D eigenvalue weighted by atomic mass is 16.6. The van der Waals surface area contributed by atoms with Gasteiger partial charge in [0.05, 0.1) is 12.5 Å². The van der Waals surface area contributed by atoms with Crippen LogP contribution in [0.4, 0.5) is 10.5 Å². The van der Waals surface area contributed by atoms with Crippen molar-refractivity contribution < 1.29 is 19.4 Å². The number of ether oxygens (including phenoxy) is 1. The van der Waals surface area contributed by atoms with Crippen molar-refractivity contribution in [1.29, 1.82) is 0 Å². The summed E-state index contributed by atoms with van der Waals surface area (Å²) in [5.74, 6) is -0.526. The first-order valence-corrected chi connectivity index (χ1v) is 6.26. The summed E-state index contributed by atoms with van der Waals surface area (Å²) >= 11 is 0. The van der Waals surface area contributed by atoms with E-state index in [1.807, 2.05) is 24.3 Å². The van der Waals surface area contributed by atoms with E-state index in [0.29, 0.717) is 11.6 Å². The highest BCUT2D eigenvalue weighted by Gasteiger charge is 2.35. The van der Waals surface area contributed by atoms with Gasteiger partial charge in [0.25, 0.3) is 0 Å². The fourth-order valence-electron chi connectivity index (χ4n) is 2.15. The van der Waals surface area contributed by atoms with E-state index in [9.17, 15) is 9.59 Å². The molecule has 5 nitrogen and oxygen atoms in total. The fraction of sp³-hybridized carbons (Fsp3) is 0.429. The van der Waals surface area contributed by atoms with Crippen molar-refractivity contribution in [1.82, 2.24) is 0 Å². The lowest BCUT2D eigenvalue weighted by atomic mass is 10.0. The summed E-state index contributed by atoms with van der Waals surface area (Å²) in [6.45, 7) is 4.30. The van der Waals surface area contributed by atoms with Gasteiger partial charge in [-0.25, -0.2) is 4.79 Å². The molecule has 0 saturated carbocycles. The molecule has 1 N–H and O–H groups in total. The standard InChI is InChI=1S/C14H17NO4/c1-9(2)10-3-5-11(6-4-10)15-12(7-13(16)17)8-19-14(15)18/h3-6,9,12H,7-8H2,1-2H3,(H,16,17). The first-order chi connectivity index (χ1) is 8.99. The van der Waals surface area contributed by atoms with Gasteiger partial charge in [0, 0.05) is 5.69 Å². The van der Waals surface area contributed by atoms with Gasteiger partial charge in [0.2, 0.25) is 0 Å². The maximum absolute atomic E-state index is 11.7. The van der Waals surface area contributed by atoms with E-state index in [0.717, 1.165) is 0 Å². The molecule has 0 spiro atoms. The average Bonchev–Trinajstić information content (AvgIpc) is 2.70. The largest absolute Gasteiger partial charge is 0.481 e. The Hall–Kier alpha value is -2.04. The number of carbonyl (C=O) groups excluding carboxylic acids is 1. The molecule has 1 aromatic rings. The van der Waals surface area contributed by atoms with E-state index in [1.165, 1.54) is 10.5 Å². The number of aliphatic carboxylic acids is 1. The lowest BCUT2D eigenvalue weighted by Gasteiger charge is -2.20. The van der Waals surface area contributed by atoms with Crippen LogP contribution in [0.5, 0.6) is 0 Å². The Bertz CT molecular complexity index is 481. The number of rotatable bonds is 4. The minimum atomic E-state index is -0.938. The Morgan fingerprint density at radius 2 is 2.05 bits per heavy atom. The van der Waals surface area contributed by atoms with Crippen molar-refractivity contribution in [2.24, 2.45) is 0 Å². The molecule has 0 aromatic heterocycles. The van der Waals surface area contributed by atoms with Crippen molar-refractivity contribution in [2.45, 2.75) is 32.2 Å². The lowest BCUT2D eigenvalue weighted by molar-refractivity contribution is -0.137. The Balaban J connectivity index is 2.22. The third-order valence-corrected chi connectivity index (χ3v) is 3.21. The van der Waals surface area contributed by atoms with Gasteiger partial charge in [0.1, 0.15) is 6.61 Å². The number of hydrogen-bond donors (Lipinski definition) is 1. The van der Waals surface area contributed by atoms with E-state index in [2.05, 4.69) is 13.8 Å². The maximum atomic E-state index is 11.7. The molecule has 1 saturated heterocycles. The minimum absolute atomic E-state index is 0.113. The molecule has 5 heteroatoms. The maximum Gasteiger partial charge on any atom is 0.414 e. The first-order valence-electron chi connectivity index (χ1n) is 6.26. The van der Waals surface area contributed by atoms with Crippen molar-refractivity contribution in [2.75, 3.05) is 11.5 Å². The number of amides is 1. The molecule has 2 rings (SSSR count). The molecule has 1 atom stereocenters. The molecule has 1 heterocycles. The molecule has 0 radical (unpaired) electrons. The summed E-state index contributed by atoms with van der Waals surface area (Å²) in [6, 6.07) is 7.12. The highest BCUT2D eigenvalue weighted by molar-refractivity contribution is 5.91. The van der Waals surface area contributed by atoms with Crippen molar-refractivity contribution in [3.63, 3.8) is 0 Å². The molecule has 1 amide bonds. The van der Waals surface area contributed by atoms with Gasteiger partial charge in [0.15, 0.2) is 0 Å². The Morgan fingerprint density at radius 3 is 2.58 bits per heavy atom. The summed E-state index contributed by atoms with van der Waals surface area (Å²) < 4.78 is 4.93. The number of benzene rings is 1. The summed E-state index contributed by atoms with van der Waals surface area (Å²) in [6.07, 6.45) is -0.596. The lowest BCUT2D eigenvalue weighted by Crippen LogP contribution is -2.35. The number of carbonyl (C=O) groups is 2. The van der Waals surface area contributed by atoms with E-state index >= 15 is 0 Å². The molecule has 1 fully saturated rings. The topological polar surface area (TPSA) is 66.8 Å². The van der Waals surface area contributed by atoms with Crippen LogP contribution < -0.4 is 4.90 Å². The van der Waals surface area contributed by atoms with Crippen molar-refractivity contribution in [3.8, 4) is 0 Å². The second kappa shape index (κ2) is 5.30.